The van der Waals surface area contributed by atoms with E-state index in [1.54, 1.807) is 11.9 Å². The molecule has 0 radical (unpaired) electrons. The number of rotatable bonds is 5. The van der Waals surface area contributed by atoms with E-state index in [1.165, 1.54) is 0 Å². The Kier molecular flexibility index (Phi) is 7.29. The second-order valence-corrected chi connectivity index (χ2v) is 7.60. The Hall–Kier alpha value is -1.79. The monoisotopic (exact) mass is 366 g/mol. The lowest BCUT2D eigenvalue weighted by Gasteiger charge is -2.36. The second-order valence-electron chi connectivity index (χ2n) is 7.60. The molecule has 1 saturated carbocycles. The summed E-state index contributed by atoms with van der Waals surface area (Å²) in [6.07, 6.45) is 5.62. The van der Waals surface area contributed by atoms with Crippen LogP contribution in [0.5, 0.6) is 0 Å². The number of aliphatic imine (C=N–C) groups is 1. The van der Waals surface area contributed by atoms with Gasteiger partial charge in [0.1, 0.15) is 0 Å². The van der Waals surface area contributed by atoms with Crippen LogP contribution < -0.4 is 5.32 Å². The van der Waals surface area contributed by atoms with Crippen molar-refractivity contribution in [3.05, 3.63) is 0 Å². The molecule has 7 heteroatoms. The van der Waals surface area contributed by atoms with E-state index in [4.69, 9.17) is 4.74 Å². The highest BCUT2D eigenvalue weighted by atomic mass is 16.5. The van der Waals surface area contributed by atoms with Crippen molar-refractivity contribution in [2.75, 3.05) is 47.4 Å². The lowest BCUT2D eigenvalue weighted by molar-refractivity contribution is -0.149. The molecule has 0 atom stereocenters. The molecule has 0 aromatic carbocycles. The highest BCUT2D eigenvalue weighted by Gasteiger charge is 2.42. The number of nitrogens with zero attached hydrogens (tertiary/aromatic N) is 3. The average Bonchev–Trinajstić information content (AvgIpc) is 3.12. The third-order valence-corrected chi connectivity index (χ3v) is 5.63. The van der Waals surface area contributed by atoms with E-state index < -0.39 is 0 Å². The van der Waals surface area contributed by atoms with Crippen molar-refractivity contribution < 1.29 is 14.3 Å². The largest absolute Gasteiger partial charge is 0.466 e. The van der Waals surface area contributed by atoms with Gasteiger partial charge in [-0.1, -0.05) is 12.8 Å². The Morgan fingerprint density at radius 3 is 2.35 bits per heavy atom. The van der Waals surface area contributed by atoms with Gasteiger partial charge < -0.3 is 19.9 Å². The summed E-state index contributed by atoms with van der Waals surface area (Å²) in [6.45, 7) is 4.45. The van der Waals surface area contributed by atoms with Crippen molar-refractivity contribution in [2.24, 2.45) is 16.3 Å². The number of hydrogen-bond acceptors (Lipinski definition) is 4. The van der Waals surface area contributed by atoms with Crippen molar-refractivity contribution >= 4 is 17.8 Å². The molecule has 2 rings (SSSR count). The van der Waals surface area contributed by atoms with E-state index in [-0.39, 0.29) is 23.2 Å². The van der Waals surface area contributed by atoms with Crippen LogP contribution in [0.2, 0.25) is 0 Å². The van der Waals surface area contributed by atoms with Crippen molar-refractivity contribution in [1.82, 2.24) is 15.1 Å². The minimum atomic E-state index is -0.317. The number of carbonyl (C=O) groups is 2. The maximum absolute atomic E-state index is 12.7. The van der Waals surface area contributed by atoms with E-state index in [0.717, 1.165) is 57.6 Å². The van der Waals surface area contributed by atoms with Crippen LogP contribution in [0.15, 0.2) is 4.99 Å². The molecule has 0 unspecified atom stereocenters. The molecule has 148 valence electrons. The summed E-state index contributed by atoms with van der Waals surface area (Å²) in [5, 5.41) is 3.44. The van der Waals surface area contributed by atoms with Crippen LogP contribution >= 0.6 is 0 Å². The second kappa shape index (κ2) is 9.24. The van der Waals surface area contributed by atoms with Gasteiger partial charge in [-0.15, -0.1) is 0 Å². The van der Waals surface area contributed by atoms with Crippen LogP contribution in [0, 0.1) is 11.3 Å². The van der Waals surface area contributed by atoms with Crippen LogP contribution in [0.3, 0.4) is 0 Å². The fourth-order valence-electron chi connectivity index (χ4n) is 4.16. The smallest absolute Gasteiger partial charge is 0.309 e. The van der Waals surface area contributed by atoms with E-state index in [0.29, 0.717) is 13.2 Å². The van der Waals surface area contributed by atoms with E-state index >= 15 is 0 Å². The first-order chi connectivity index (χ1) is 12.4. The molecular formula is C19H34N4O3. The van der Waals surface area contributed by atoms with Crippen LogP contribution in [-0.4, -0.2) is 75.0 Å². The zero-order valence-corrected chi connectivity index (χ0v) is 16.7. The predicted octanol–water partition coefficient (Wildman–Crippen LogP) is 1.49. The molecule has 1 heterocycles. The summed E-state index contributed by atoms with van der Waals surface area (Å²) in [5.74, 6) is 0.932. The van der Waals surface area contributed by atoms with Gasteiger partial charge in [0.2, 0.25) is 5.91 Å². The lowest BCUT2D eigenvalue weighted by atomic mass is 9.84. The van der Waals surface area contributed by atoms with Gasteiger partial charge in [0.15, 0.2) is 5.96 Å². The molecule has 0 aromatic heterocycles. The van der Waals surface area contributed by atoms with Crippen LogP contribution in [0.4, 0.5) is 0 Å². The number of carbonyl (C=O) groups excluding carboxylic acids is 2. The van der Waals surface area contributed by atoms with Crippen LogP contribution in [0.25, 0.3) is 0 Å². The van der Waals surface area contributed by atoms with Crippen LogP contribution in [0.1, 0.15) is 45.4 Å². The Balaban J connectivity index is 1.92. The fraction of sp³-hybridized carbons (Fsp3) is 0.842. The molecule has 1 amide bonds. The number of guanidine groups is 1. The third kappa shape index (κ3) is 4.68. The molecular weight excluding hydrogens is 332 g/mol. The van der Waals surface area contributed by atoms with E-state index in [1.807, 2.05) is 21.0 Å². The highest BCUT2D eigenvalue weighted by molar-refractivity contribution is 5.85. The van der Waals surface area contributed by atoms with E-state index in [2.05, 4.69) is 15.2 Å². The van der Waals surface area contributed by atoms with Gasteiger partial charge in [-0.2, -0.15) is 0 Å². The summed E-state index contributed by atoms with van der Waals surface area (Å²) in [4.78, 5) is 32.9. The minimum Gasteiger partial charge on any atom is -0.466 e. The molecule has 1 N–H and O–H groups in total. The summed E-state index contributed by atoms with van der Waals surface area (Å²) in [7, 11) is 5.43. The third-order valence-electron chi connectivity index (χ3n) is 5.63. The number of hydrogen-bond donors (Lipinski definition) is 1. The van der Waals surface area contributed by atoms with Gasteiger partial charge in [0, 0.05) is 40.8 Å². The molecule has 0 aromatic rings. The molecule has 2 aliphatic rings. The first kappa shape index (κ1) is 20.5. The first-order valence-electron chi connectivity index (χ1n) is 9.77. The molecule has 1 aliphatic heterocycles. The van der Waals surface area contributed by atoms with Gasteiger partial charge in [-0.3, -0.25) is 14.6 Å². The van der Waals surface area contributed by atoms with Gasteiger partial charge in [0.25, 0.3) is 0 Å². The Morgan fingerprint density at radius 2 is 1.85 bits per heavy atom. The summed E-state index contributed by atoms with van der Waals surface area (Å²) in [5.41, 5.74) is -0.317. The number of piperidine rings is 1. The number of likely N-dealkylation sites (tertiary alicyclic amines) is 1. The molecule has 0 spiro atoms. The van der Waals surface area contributed by atoms with Crippen molar-refractivity contribution in [1.29, 1.82) is 0 Å². The number of nitrogens with one attached hydrogen (secondary N) is 1. The zero-order valence-electron chi connectivity index (χ0n) is 16.7. The molecule has 1 aliphatic carbocycles. The fourth-order valence-corrected chi connectivity index (χ4v) is 4.16. The molecule has 26 heavy (non-hydrogen) atoms. The SMILES string of the molecule is CCOC(=O)C1CCN(C(=NC)NCC2(C(=O)N(C)C)CCCC2)CC1. The molecule has 1 saturated heterocycles. The summed E-state index contributed by atoms with van der Waals surface area (Å²) >= 11 is 0. The zero-order chi connectivity index (χ0) is 19.2. The Morgan fingerprint density at radius 1 is 1.23 bits per heavy atom. The number of amides is 1. The maximum atomic E-state index is 12.7. The number of ether oxygens (including phenoxy) is 1. The Bertz CT molecular complexity index is 519. The lowest BCUT2D eigenvalue weighted by Crippen LogP contribution is -2.52. The van der Waals surface area contributed by atoms with Gasteiger partial charge in [0.05, 0.1) is 17.9 Å². The minimum absolute atomic E-state index is 0.0131. The number of esters is 1. The average molecular weight is 367 g/mol. The first-order valence-corrected chi connectivity index (χ1v) is 9.77. The highest BCUT2D eigenvalue weighted by Crippen LogP contribution is 2.39. The Labute approximate surface area is 157 Å². The van der Waals surface area contributed by atoms with Crippen LogP contribution in [-0.2, 0) is 14.3 Å². The molecule has 2 fully saturated rings. The van der Waals surface area contributed by atoms with Gasteiger partial charge in [-0.05, 0) is 32.6 Å². The topological polar surface area (TPSA) is 74.2 Å². The van der Waals surface area contributed by atoms with Crippen molar-refractivity contribution in [3.8, 4) is 0 Å². The maximum Gasteiger partial charge on any atom is 0.309 e. The predicted molar refractivity (Wildman–Crippen MR) is 102 cm³/mol. The normalized spacial score (nSPS) is 20.8. The van der Waals surface area contributed by atoms with E-state index in [9.17, 15) is 9.59 Å². The van der Waals surface area contributed by atoms with Gasteiger partial charge >= 0.3 is 5.97 Å². The molecule has 7 nitrogen and oxygen atoms in total. The standard InChI is InChI=1S/C19H34N4O3/c1-5-26-16(24)15-8-12-23(13-9-15)18(20-2)21-14-19(10-6-7-11-19)17(25)22(3)4/h15H,5-14H2,1-4H3,(H,20,21). The molecule has 0 bridgehead atoms. The summed E-state index contributed by atoms with van der Waals surface area (Å²) in [6, 6.07) is 0. The quantitative estimate of drug-likeness (QED) is 0.453. The van der Waals surface area contributed by atoms with Gasteiger partial charge in [-0.25, -0.2) is 0 Å². The van der Waals surface area contributed by atoms with Crippen molar-refractivity contribution in [3.63, 3.8) is 0 Å². The summed E-state index contributed by atoms with van der Waals surface area (Å²) < 4.78 is 5.13. The van der Waals surface area contributed by atoms with Crippen molar-refractivity contribution in [2.45, 2.75) is 45.4 Å².